The van der Waals surface area contributed by atoms with Gasteiger partial charge in [-0.25, -0.2) is 4.79 Å². The highest BCUT2D eigenvalue weighted by Gasteiger charge is 2.41. The highest BCUT2D eigenvalue weighted by Crippen LogP contribution is 2.34. The fraction of sp³-hybridized carbons (Fsp3) is 0.190. The molecule has 28 heavy (non-hydrogen) atoms. The normalized spacial score (nSPS) is 16.4. The van der Waals surface area contributed by atoms with Crippen LogP contribution in [0.1, 0.15) is 18.1 Å². The minimum atomic E-state index is -0.961. The van der Waals surface area contributed by atoms with Crippen LogP contribution in [0.25, 0.3) is 6.08 Å². The van der Waals surface area contributed by atoms with Crippen LogP contribution in [0.3, 0.4) is 0 Å². The number of imide groups is 1. The van der Waals surface area contributed by atoms with Gasteiger partial charge in [-0.1, -0.05) is 42.5 Å². The Hall–Kier alpha value is -3.06. The summed E-state index contributed by atoms with van der Waals surface area (Å²) in [5.74, 6) is -0.436. The largest absolute Gasteiger partial charge is 0.489 e. The second-order valence-corrected chi connectivity index (χ2v) is 7.09. The number of ether oxygens (including phenoxy) is 2. The van der Waals surface area contributed by atoms with Crippen molar-refractivity contribution in [1.82, 2.24) is 4.90 Å². The molecule has 1 atom stereocenters. The van der Waals surface area contributed by atoms with Gasteiger partial charge in [0, 0.05) is 0 Å². The zero-order chi connectivity index (χ0) is 20.1. The second-order valence-electron chi connectivity index (χ2n) is 6.09. The Morgan fingerprint density at radius 3 is 2.43 bits per heavy atom. The number of hydrogen-bond donors (Lipinski definition) is 0. The van der Waals surface area contributed by atoms with Crippen LogP contribution in [-0.2, 0) is 20.9 Å². The van der Waals surface area contributed by atoms with E-state index in [1.807, 2.05) is 30.3 Å². The highest BCUT2D eigenvalue weighted by atomic mass is 32.2. The van der Waals surface area contributed by atoms with Gasteiger partial charge in [-0.05, 0) is 48.0 Å². The lowest BCUT2D eigenvalue weighted by molar-refractivity contribution is -0.148. The van der Waals surface area contributed by atoms with Gasteiger partial charge >= 0.3 is 5.97 Å². The van der Waals surface area contributed by atoms with Crippen LogP contribution in [0.2, 0.25) is 0 Å². The number of amides is 2. The standard InChI is InChI=1S/C21H19NO5S/c1-14(20(24)26-2)22-19(23)18(28-21(22)25)12-15-8-10-17(11-9-15)27-13-16-6-4-3-5-7-16/h3-12,14H,13H2,1-2H3. The number of carbonyl (C=O) groups excluding carboxylic acids is 3. The molecule has 2 amide bonds. The molecule has 1 aliphatic heterocycles. The molecule has 2 aromatic rings. The van der Waals surface area contributed by atoms with Crippen LogP contribution in [0.15, 0.2) is 59.5 Å². The van der Waals surface area contributed by atoms with Crippen LogP contribution in [0, 0.1) is 0 Å². The van der Waals surface area contributed by atoms with E-state index in [4.69, 9.17) is 4.74 Å². The lowest BCUT2D eigenvalue weighted by Crippen LogP contribution is -2.42. The molecule has 0 aliphatic carbocycles. The van der Waals surface area contributed by atoms with Crippen LogP contribution < -0.4 is 4.74 Å². The topological polar surface area (TPSA) is 72.9 Å². The van der Waals surface area contributed by atoms with E-state index in [9.17, 15) is 14.4 Å². The summed E-state index contributed by atoms with van der Waals surface area (Å²) in [7, 11) is 1.22. The van der Waals surface area contributed by atoms with Crippen LogP contribution >= 0.6 is 11.8 Å². The number of benzene rings is 2. The van der Waals surface area contributed by atoms with Crippen LogP contribution in [0.5, 0.6) is 5.75 Å². The maximum atomic E-state index is 12.5. The lowest BCUT2D eigenvalue weighted by Gasteiger charge is -2.18. The molecule has 1 unspecified atom stereocenters. The van der Waals surface area contributed by atoms with Crippen molar-refractivity contribution in [1.29, 1.82) is 0 Å². The third kappa shape index (κ3) is 4.43. The number of methoxy groups -OCH3 is 1. The molecule has 0 N–H and O–H groups in total. The zero-order valence-corrected chi connectivity index (χ0v) is 16.3. The first kappa shape index (κ1) is 19.7. The Labute approximate surface area is 167 Å². The van der Waals surface area contributed by atoms with E-state index in [-0.39, 0.29) is 4.91 Å². The number of esters is 1. The molecular formula is C21H19NO5S. The number of thioether (sulfide) groups is 1. The summed E-state index contributed by atoms with van der Waals surface area (Å²) in [5.41, 5.74) is 1.82. The summed E-state index contributed by atoms with van der Waals surface area (Å²) in [5, 5.41) is -0.489. The van der Waals surface area contributed by atoms with Crippen molar-refractivity contribution in [3.05, 3.63) is 70.6 Å². The summed E-state index contributed by atoms with van der Waals surface area (Å²) in [6, 6.07) is 16.1. The van der Waals surface area contributed by atoms with Crippen LogP contribution in [0.4, 0.5) is 4.79 Å². The number of hydrogen-bond acceptors (Lipinski definition) is 6. The highest BCUT2D eigenvalue weighted by molar-refractivity contribution is 8.18. The van der Waals surface area contributed by atoms with Gasteiger partial charge in [0.25, 0.3) is 11.1 Å². The molecular weight excluding hydrogens is 378 g/mol. The number of nitrogens with zero attached hydrogens (tertiary/aromatic N) is 1. The van der Waals surface area contributed by atoms with E-state index >= 15 is 0 Å². The molecule has 2 aromatic carbocycles. The average Bonchev–Trinajstić information content (AvgIpc) is 3.00. The molecule has 1 saturated heterocycles. The molecule has 1 aliphatic rings. The van der Waals surface area contributed by atoms with Gasteiger partial charge in [0.1, 0.15) is 18.4 Å². The monoisotopic (exact) mass is 397 g/mol. The van der Waals surface area contributed by atoms with Gasteiger partial charge in [-0.3, -0.25) is 14.5 Å². The summed E-state index contributed by atoms with van der Waals surface area (Å²) in [6.45, 7) is 1.93. The quantitative estimate of drug-likeness (QED) is 0.544. The third-order valence-electron chi connectivity index (χ3n) is 4.18. The molecule has 0 spiro atoms. The van der Waals surface area contributed by atoms with Gasteiger partial charge in [0.05, 0.1) is 12.0 Å². The third-order valence-corrected chi connectivity index (χ3v) is 5.06. The van der Waals surface area contributed by atoms with Crippen molar-refractivity contribution in [2.75, 3.05) is 7.11 Å². The predicted molar refractivity (Wildman–Crippen MR) is 107 cm³/mol. The van der Waals surface area contributed by atoms with Gasteiger partial charge < -0.3 is 9.47 Å². The predicted octanol–water partition coefficient (Wildman–Crippen LogP) is 3.86. The van der Waals surface area contributed by atoms with Gasteiger partial charge in [0.15, 0.2) is 0 Å². The molecule has 0 aromatic heterocycles. The lowest BCUT2D eigenvalue weighted by atomic mass is 10.2. The first-order chi connectivity index (χ1) is 13.5. The molecule has 1 heterocycles. The Morgan fingerprint density at radius 2 is 1.79 bits per heavy atom. The minimum Gasteiger partial charge on any atom is -0.489 e. The average molecular weight is 397 g/mol. The van der Waals surface area contributed by atoms with E-state index < -0.39 is 23.2 Å². The van der Waals surface area contributed by atoms with Crippen LogP contribution in [-0.4, -0.2) is 35.2 Å². The number of rotatable bonds is 6. The Kier molecular flexibility index (Phi) is 6.16. The molecule has 0 radical (unpaired) electrons. The van der Waals surface area contributed by atoms with Gasteiger partial charge in [-0.15, -0.1) is 0 Å². The summed E-state index contributed by atoms with van der Waals surface area (Å²) < 4.78 is 10.4. The molecule has 0 bridgehead atoms. The second kappa shape index (κ2) is 8.75. The summed E-state index contributed by atoms with van der Waals surface area (Å²) in [4.78, 5) is 37.4. The van der Waals surface area contributed by atoms with Crippen molar-refractivity contribution < 1.29 is 23.9 Å². The Balaban J connectivity index is 1.67. The SMILES string of the molecule is COC(=O)C(C)N1C(=O)SC(=Cc2ccc(OCc3ccccc3)cc2)C1=O. The van der Waals surface area contributed by atoms with Crippen molar-refractivity contribution in [3.8, 4) is 5.75 Å². The van der Waals surface area contributed by atoms with Gasteiger partial charge in [0.2, 0.25) is 0 Å². The van der Waals surface area contributed by atoms with Crippen molar-refractivity contribution >= 4 is 35.0 Å². The molecule has 7 heteroatoms. The Bertz CT molecular complexity index is 908. The molecule has 0 saturated carbocycles. The first-order valence-electron chi connectivity index (χ1n) is 8.61. The summed E-state index contributed by atoms with van der Waals surface area (Å²) >= 11 is 0.804. The molecule has 3 rings (SSSR count). The van der Waals surface area contributed by atoms with E-state index in [0.29, 0.717) is 12.4 Å². The van der Waals surface area contributed by atoms with E-state index in [0.717, 1.165) is 27.8 Å². The summed E-state index contributed by atoms with van der Waals surface area (Å²) in [6.07, 6.45) is 1.62. The van der Waals surface area contributed by atoms with Crippen molar-refractivity contribution in [2.45, 2.75) is 19.6 Å². The maximum absolute atomic E-state index is 12.5. The molecule has 1 fully saturated rings. The minimum absolute atomic E-state index is 0.263. The number of carbonyl (C=O) groups is 3. The Morgan fingerprint density at radius 1 is 1.11 bits per heavy atom. The fourth-order valence-corrected chi connectivity index (χ4v) is 3.55. The first-order valence-corrected chi connectivity index (χ1v) is 9.43. The van der Waals surface area contributed by atoms with Gasteiger partial charge in [-0.2, -0.15) is 0 Å². The smallest absolute Gasteiger partial charge is 0.328 e. The zero-order valence-electron chi connectivity index (χ0n) is 15.5. The van der Waals surface area contributed by atoms with Crippen molar-refractivity contribution in [3.63, 3.8) is 0 Å². The van der Waals surface area contributed by atoms with Crippen molar-refractivity contribution in [2.24, 2.45) is 0 Å². The fourth-order valence-electron chi connectivity index (χ4n) is 2.64. The van der Waals surface area contributed by atoms with E-state index in [1.54, 1.807) is 30.3 Å². The van der Waals surface area contributed by atoms with E-state index in [2.05, 4.69) is 4.74 Å². The molecule has 6 nitrogen and oxygen atoms in total. The van der Waals surface area contributed by atoms with E-state index in [1.165, 1.54) is 14.0 Å². The molecule has 144 valence electrons. The maximum Gasteiger partial charge on any atom is 0.328 e.